The molecule has 30 heavy (non-hydrogen) atoms. The number of anilines is 1. The highest BCUT2D eigenvalue weighted by molar-refractivity contribution is 5.73. The van der Waals surface area contributed by atoms with Crippen molar-refractivity contribution in [3.63, 3.8) is 0 Å². The van der Waals surface area contributed by atoms with Gasteiger partial charge in [-0.05, 0) is 73.6 Å². The molecule has 2 aliphatic rings. The van der Waals surface area contributed by atoms with Gasteiger partial charge in [0, 0.05) is 51.1 Å². The Balaban J connectivity index is 1.62. The molecule has 0 aliphatic carbocycles. The highest BCUT2D eigenvalue weighted by Gasteiger charge is 2.23. The molecule has 2 aromatic carbocycles. The minimum Gasteiger partial charge on any atom is -0.381 e. The Morgan fingerprint density at radius 3 is 2.40 bits per heavy atom. The van der Waals surface area contributed by atoms with Crippen LogP contribution >= 0.6 is 0 Å². The molecule has 0 amide bonds. The number of benzene rings is 2. The van der Waals surface area contributed by atoms with Crippen molar-refractivity contribution in [3.05, 3.63) is 53.1 Å². The second-order valence-corrected chi connectivity index (χ2v) is 8.66. The highest BCUT2D eigenvalue weighted by Crippen LogP contribution is 2.33. The number of nitrogens with zero attached hydrogens (tertiary/aromatic N) is 2. The molecule has 0 saturated carbocycles. The minimum atomic E-state index is 0.574. The van der Waals surface area contributed by atoms with Crippen molar-refractivity contribution < 1.29 is 9.47 Å². The Hall–Kier alpha value is -1.88. The number of rotatable bonds is 6. The number of morpholine rings is 1. The molecule has 2 fully saturated rings. The van der Waals surface area contributed by atoms with Crippen molar-refractivity contribution in [2.24, 2.45) is 0 Å². The first-order valence-electron chi connectivity index (χ1n) is 11.5. The van der Waals surface area contributed by atoms with Gasteiger partial charge in [-0.3, -0.25) is 4.90 Å². The molecule has 0 aromatic heterocycles. The van der Waals surface area contributed by atoms with Crippen molar-refractivity contribution in [2.75, 3.05) is 51.0 Å². The maximum atomic E-state index is 5.61. The molecule has 2 heterocycles. The molecule has 162 valence electrons. The van der Waals surface area contributed by atoms with E-state index >= 15 is 0 Å². The number of hydrogen-bond donors (Lipinski definition) is 0. The first-order valence-corrected chi connectivity index (χ1v) is 11.5. The highest BCUT2D eigenvalue weighted by atomic mass is 16.5. The van der Waals surface area contributed by atoms with Gasteiger partial charge >= 0.3 is 0 Å². The molecule has 0 atom stereocenters. The fourth-order valence-corrected chi connectivity index (χ4v) is 4.79. The van der Waals surface area contributed by atoms with E-state index in [0.717, 1.165) is 65.4 Å². The van der Waals surface area contributed by atoms with Crippen molar-refractivity contribution >= 4 is 5.69 Å². The maximum Gasteiger partial charge on any atom is 0.0594 e. The summed E-state index contributed by atoms with van der Waals surface area (Å²) in [5, 5.41) is 0. The molecule has 2 saturated heterocycles. The van der Waals surface area contributed by atoms with E-state index in [9.17, 15) is 0 Å². The summed E-state index contributed by atoms with van der Waals surface area (Å²) in [5.41, 5.74) is 8.17. The van der Waals surface area contributed by atoms with Crippen LogP contribution in [0.1, 0.15) is 36.5 Å². The molecule has 4 nitrogen and oxygen atoms in total. The van der Waals surface area contributed by atoms with Crippen LogP contribution in [0.2, 0.25) is 0 Å². The van der Waals surface area contributed by atoms with Crippen LogP contribution in [-0.2, 0) is 16.0 Å². The van der Waals surface area contributed by atoms with Crippen LogP contribution in [-0.4, -0.2) is 57.0 Å². The Morgan fingerprint density at radius 1 is 0.933 bits per heavy atom. The van der Waals surface area contributed by atoms with Gasteiger partial charge < -0.3 is 14.4 Å². The van der Waals surface area contributed by atoms with Gasteiger partial charge in [-0.25, -0.2) is 0 Å². The molecular formula is C26H36N2O2. The molecule has 4 heteroatoms. The van der Waals surface area contributed by atoms with E-state index < -0.39 is 0 Å². The van der Waals surface area contributed by atoms with Crippen LogP contribution in [0, 0.1) is 13.8 Å². The topological polar surface area (TPSA) is 24.9 Å². The van der Waals surface area contributed by atoms with E-state index in [2.05, 4.69) is 67.0 Å². The van der Waals surface area contributed by atoms with Gasteiger partial charge in [0.05, 0.1) is 13.2 Å². The second-order valence-electron chi connectivity index (χ2n) is 8.66. The van der Waals surface area contributed by atoms with E-state index in [1.54, 1.807) is 0 Å². The molecule has 0 spiro atoms. The zero-order valence-electron chi connectivity index (χ0n) is 18.8. The summed E-state index contributed by atoms with van der Waals surface area (Å²) < 4.78 is 11.1. The fraction of sp³-hybridized carbons (Fsp3) is 0.538. The third-order valence-corrected chi connectivity index (χ3v) is 6.69. The first-order chi connectivity index (χ1) is 14.7. The summed E-state index contributed by atoms with van der Waals surface area (Å²) >= 11 is 0. The lowest BCUT2D eigenvalue weighted by Gasteiger charge is -2.37. The summed E-state index contributed by atoms with van der Waals surface area (Å²) in [5.74, 6) is 0. The molecule has 4 rings (SSSR count). The van der Waals surface area contributed by atoms with Crippen LogP contribution in [0.5, 0.6) is 0 Å². The maximum absolute atomic E-state index is 5.61. The van der Waals surface area contributed by atoms with E-state index in [0.29, 0.717) is 6.04 Å². The third-order valence-electron chi connectivity index (χ3n) is 6.69. The Kier molecular flexibility index (Phi) is 7.08. The number of hydrogen-bond acceptors (Lipinski definition) is 4. The van der Waals surface area contributed by atoms with Gasteiger partial charge in [0.25, 0.3) is 0 Å². The van der Waals surface area contributed by atoms with Crippen LogP contribution in [0.25, 0.3) is 11.1 Å². The van der Waals surface area contributed by atoms with Gasteiger partial charge in [-0.15, -0.1) is 0 Å². The van der Waals surface area contributed by atoms with Crippen LogP contribution in [0.3, 0.4) is 0 Å². The van der Waals surface area contributed by atoms with Gasteiger partial charge in [-0.1, -0.05) is 24.3 Å². The Morgan fingerprint density at radius 2 is 1.67 bits per heavy atom. The van der Waals surface area contributed by atoms with E-state index in [4.69, 9.17) is 9.47 Å². The molecule has 0 radical (unpaired) electrons. The van der Waals surface area contributed by atoms with Crippen molar-refractivity contribution in [3.8, 4) is 11.1 Å². The normalized spacial score (nSPS) is 18.5. The van der Waals surface area contributed by atoms with Crippen molar-refractivity contribution in [1.82, 2.24) is 4.90 Å². The lowest BCUT2D eigenvalue weighted by molar-refractivity contribution is 0.0342. The quantitative estimate of drug-likeness (QED) is 0.685. The zero-order chi connectivity index (χ0) is 20.9. The van der Waals surface area contributed by atoms with Crippen LogP contribution in [0.15, 0.2) is 36.4 Å². The molecule has 2 aromatic rings. The lowest BCUT2D eigenvalue weighted by atomic mass is 9.95. The third kappa shape index (κ3) is 4.88. The zero-order valence-corrected chi connectivity index (χ0v) is 18.8. The summed E-state index contributed by atoms with van der Waals surface area (Å²) in [6, 6.07) is 14.4. The summed E-state index contributed by atoms with van der Waals surface area (Å²) in [6.07, 6.45) is 2.23. The number of aryl methyl sites for hydroxylation is 1. The SMILES string of the molecule is CCN(c1cc(-c2cccc(CN3CCOCC3)c2)cc(C)c1C)C1CCOCC1. The van der Waals surface area contributed by atoms with Crippen LogP contribution in [0.4, 0.5) is 5.69 Å². The average Bonchev–Trinajstić information content (AvgIpc) is 2.78. The lowest BCUT2D eigenvalue weighted by Crippen LogP contribution is -2.39. The predicted molar refractivity (Wildman–Crippen MR) is 124 cm³/mol. The second kappa shape index (κ2) is 9.95. The standard InChI is InChI=1S/C26H36N2O2/c1-4-28(25-8-12-29-13-9-25)26-18-24(16-20(2)21(26)3)23-7-5-6-22(17-23)19-27-10-14-30-15-11-27/h5-7,16-18,25H,4,8-15,19H2,1-3H3. The summed E-state index contributed by atoms with van der Waals surface area (Å²) in [4.78, 5) is 5.09. The first kappa shape index (κ1) is 21.4. The monoisotopic (exact) mass is 408 g/mol. The summed E-state index contributed by atoms with van der Waals surface area (Å²) in [7, 11) is 0. The molecule has 0 N–H and O–H groups in total. The molecule has 2 aliphatic heterocycles. The van der Waals surface area contributed by atoms with E-state index in [1.807, 2.05) is 0 Å². The largest absolute Gasteiger partial charge is 0.381 e. The Bertz CT molecular complexity index is 839. The average molecular weight is 409 g/mol. The minimum absolute atomic E-state index is 0.574. The fourth-order valence-electron chi connectivity index (χ4n) is 4.79. The Labute approximate surface area is 181 Å². The van der Waals surface area contributed by atoms with Gasteiger partial charge in [-0.2, -0.15) is 0 Å². The predicted octanol–water partition coefficient (Wildman–Crippen LogP) is 4.81. The van der Waals surface area contributed by atoms with Gasteiger partial charge in [0.1, 0.15) is 0 Å². The summed E-state index contributed by atoms with van der Waals surface area (Å²) in [6.45, 7) is 14.3. The molecular weight excluding hydrogens is 372 g/mol. The van der Waals surface area contributed by atoms with Gasteiger partial charge in [0.15, 0.2) is 0 Å². The molecule has 0 unspecified atom stereocenters. The molecule has 0 bridgehead atoms. The van der Waals surface area contributed by atoms with E-state index in [-0.39, 0.29) is 0 Å². The smallest absolute Gasteiger partial charge is 0.0594 e. The number of ether oxygens (including phenoxy) is 2. The van der Waals surface area contributed by atoms with Crippen molar-refractivity contribution in [1.29, 1.82) is 0 Å². The van der Waals surface area contributed by atoms with Gasteiger partial charge in [0.2, 0.25) is 0 Å². The van der Waals surface area contributed by atoms with Crippen molar-refractivity contribution in [2.45, 2.75) is 46.2 Å². The van der Waals surface area contributed by atoms with E-state index in [1.165, 1.54) is 33.5 Å². The van der Waals surface area contributed by atoms with Crippen LogP contribution < -0.4 is 4.90 Å².